The van der Waals surface area contributed by atoms with Gasteiger partial charge in [-0.2, -0.15) is 0 Å². The van der Waals surface area contributed by atoms with Gasteiger partial charge in [-0.05, 0) is 37.0 Å². The van der Waals surface area contributed by atoms with E-state index in [1.807, 2.05) is 0 Å². The number of hydrogen-bond acceptors (Lipinski definition) is 3. The maximum atomic E-state index is 5.61. The summed E-state index contributed by atoms with van der Waals surface area (Å²) in [5.41, 5.74) is 5.46. The molecule has 0 atom stereocenters. The van der Waals surface area contributed by atoms with Gasteiger partial charge in [0.1, 0.15) is 10.4 Å². The molecule has 1 heterocycles. The van der Waals surface area contributed by atoms with Gasteiger partial charge in [0.2, 0.25) is 0 Å². The van der Waals surface area contributed by atoms with Crippen LogP contribution in [0.2, 0.25) is 0 Å². The molecule has 3 nitrogen and oxygen atoms in total. The van der Waals surface area contributed by atoms with Gasteiger partial charge in [0, 0.05) is 11.1 Å². The summed E-state index contributed by atoms with van der Waals surface area (Å²) in [4.78, 5) is 7.44. The van der Waals surface area contributed by atoms with Crippen molar-refractivity contribution in [2.45, 2.75) is 33.6 Å². The standard InChI is InChI=1S/C16H20N2OS/c1-9(2)13-14(17-8-18-16(13)20)12-7-6-10(3)11(4)15(12)19-5/h6-9H,1-5H3,(H,17,18,20). The Morgan fingerprint density at radius 2 is 1.95 bits per heavy atom. The highest BCUT2D eigenvalue weighted by molar-refractivity contribution is 7.71. The van der Waals surface area contributed by atoms with Gasteiger partial charge in [-0.15, -0.1) is 0 Å². The third-order valence-electron chi connectivity index (χ3n) is 3.62. The summed E-state index contributed by atoms with van der Waals surface area (Å²) in [6.45, 7) is 8.40. The Morgan fingerprint density at radius 1 is 1.25 bits per heavy atom. The van der Waals surface area contributed by atoms with E-state index < -0.39 is 0 Å². The van der Waals surface area contributed by atoms with E-state index in [1.54, 1.807) is 13.4 Å². The lowest BCUT2D eigenvalue weighted by Crippen LogP contribution is -2.01. The number of hydrogen-bond donors (Lipinski definition) is 1. The minimum atomic E-state index is 0.300. The van der Waals surface area contributed by atoms with Crippen LogP contribution in [0.25, 0.3) is 11.3 Å². The third-order valence-corrected chi connectivity index (χ3v) is 3.94. The van der Waals surface area contributed by atoms with Crippen molar-refractivity contribution < 1.29 is 4.74 Å². The van der Waals surface area contributed by atoms with Crippen molar-refractivity contribution in [3.05, 3.63) is 39.8 Å². The maximum absolute atomic E-state index is 5.61. The zero-order chi connectivity index (χ0) is 14.9. The van der Waals surface area contributed by atoms with Gasteiger partial charge in [-0.3, -0.25) is 0 Å². The van der Waals surface area contributed by atoms with E-state index in [1.165, 1.54) is 5.56 Å². The number of aromatic nitrogens is 2. The fourth-order valence-corrected chi connectivity index (χ4v) is 2.81. The average Bonchev–Trinajstić information content (AvgIpc) is 2.41. The summed E-state index contributed by atoms with van der Waals surface area (Å²) >= 11 is 5.38. The minimum Gasteiger partial charge on any atom is -0.496 e. The molecule has 2 rings (SSSR count). The third kappa shape index (κ3) is 2.48. The molecular formula is C16H20N2OS. The summed E-state index contributed by atoms with van der Waals surface area (Å²) < 4.78 is 6.26. The van der Waals surface area contributed by atoms with Crippen molar-refractivity contribution in [3.8, 4) is 17.0 Å². The Morgan fingerprint density at radius 3 is 2.55 bits per heavy atom. The van der Waals surface area contributed by atoms with Gasteiger partial charge < -0.3 is 9.72 Å². The highest BCUT2D eigenvalue weighted by atomic mass is 32.1. The SMILES string of the molecule is COc1c(-c2[nH]cnc(=S)c2C(C)C)ccc(C)c1C. The molecule has 106 valence electrons. The Labute approximate surface area is 125 Å². The summed E-state index contributed by atoms with van der Waals surface area (Å²) in [7, 11) is 1.70. The number of aromatic amines is 1. The Hall–Kier alpha value is -1.68. The van der Waals surface area contributed by atoms with Crippen LogP contribution in [0.3, 0.4) is 0 Å². The van der Waals surface area contributed by atoms with Gasteiger partial charge >= 0.3 is 0 Å². The molecule has 0 aliphatic heterocycles. The summed E-state index contributed by atoms with van der Waals surface area (Å²) in [6, 6.07) is 4.18. The molecular weight excluding hydrogens is 268 g/mol. The van der Waals surface area contributed by atoms with Crippen molar-refractivity contribution in [3.63, 3.8) is 0 Å². The Bertz CT molecular complexity index is 689. The summed E-state index contributed by atoms with van der Waals surface area (Å²) in [5.74, 6) is 1.19. The number of aryl methyl sites for hydroxylation is 1. The van der Waals surface area contributed by atoms with Crippen molar-refractivity contribution in [1.29, 1.82) is 0 Å². The van der Waals surface area contributed by atoms with Crippen LogP contribution in [-0.2, 0) is 0 Å². The second-order valence-electron chi connectivity index (χ2n) is 5.24. The van der Waals surface area contributed by atoms with Crippen LogP contribution in [0.1, 0.15) is 36.5 Å². The molecule has 1 aromatic carbocycles. The molecule has 0 saturated heterocycles. The number of nitrogens with one attached hydrogen (secondary N) is 1. The lowest BCUT2D eigenvalue weighted by atomic mass is 9.95. The van der Waals surface area contributed by atoms with Gasteiger partial charge in [-0.1, -0.05) is 32.1 Å². The van der Waals surface area contributed by atoms with E-state index in [9.17, 15) is 0 Å². The van der Waals surface area contributed by atoms with Gasteiger partial charge in [0.25, 0.3) is 0 Å². The Kier molecular flexibility index (Phi) is 4.23. The highest BCUT2D eigenvalue weighted by Crippen LogP contribution is 2.37. The van der Waals surface area contributed by atoms with E-state index in [-0.39, 0.29) is 0 Å². The van der Waals surface area contributed by atoms with E-state index >= 15 is 0 Å². The van der Waals surface area contributed by atoms with Crippen molar-refractivity contribution in [2.24, 2.45) is 0 Å². The molecule has 0 spiro atoms. The molecule has 0 radical (unpaired) electrons. The lowest BCUT2D eigenvalue weighted by Gasteiger charge is -2.17. The van der Waals surface area contributed by atoms with Crippen LogP contribution in [0.4, 0.5) is 0 Å². The van der Waals surface area contributed by atoms with Gasteiger partial charge in [0.15, 0.2) is 0 Å². The predicted molar refractivity (Wildman–Crippen MR) is 85.0 cm³/mol. The molecule has 20 heavy (non-hydrogen) atoms. The summed E-state index contributed by atoms with van der Waals surface area (Å²) in [5, 5.41) is 0. The Balaban J connectivity index is 2.79. The molecule has 1 N–H and O–H groups in total. The molecule has 0 aliphatic rings. The lowest BCUT2D eigenvalue weighted by molar-refractivity contribution is 0.412. The van der Waals surface area contributed by atoms with E-state index in [2.05, 4.69) is 49.8 Å². The number of benzene rings is 1. The topological polar surface area (TPSA) is 37.9 Å². The maximum Gasteiger partial charge on any atom is 0.133 e. The second kappa shape index (κ2) is 5.75. The van der Waals surface area contributed by atoms with Gasteiger partial charge in [-0.25, -0.2) is 4.98 Å². The predicted octanol–water partition coefficient (Wildman–Crippen LogP) is 4.56. The van der Waals surface area contributed by atoms with Crippen LogP contribution in [0.5, 0.6) is 5.75 Å². The first-order valence-corrected chi connectivity index (χ1v) is 7.10. The van der Waals surface area contributed by atoms with E-state index in [0.717, 1.165) is 28.1 Å². The molecule has 0 saturated carbocycles. The molecule has 4 heteroatoms. The zero-order valence-corrected chi connectivity index (χ0v) is 13.4. The number of ether oxygens (including phenoxy) is 1. The zero-order valence-electron chi connectivity index (χ0n) is 12.6. The number of rotatable bonds is 3. The fraction of sp³-hybridized carbons (Fsp3) is 0.375. The fourth-order valence-electron chi connectivity index (χ4n) is 2.42. The molecule has 2 aromatic rings. The number of H-pyrrole nitrogens is 1. The average molecular weight is 288 g/mol. The van der Waals surface area contributed by atoms with Crippen molar-refractivity contribution >= 4 is 12.2 Å². The van der Waals surface area contributed by atoms with Crippen LogP contribution < -0.4 is 4.74 Å². The van der Waals surface area contributed by atoms with E-state index in [4.69, 9.17) is 17.0 Å². The smallest absolute Gasteiger partial charge is 0.133 e. The molecule has 0 aliphatic carbocycles. The van der Waals surface area contributed by atoms with E-state index in [0.29, 0.717) is 10.6 Å². The first-order valence-electron chi connectivity index (χ1n) is 6.69. The van der Waals surface area contributed by atoms with Crippen molar-refractivity contribution in [2.75, 3.05) is 7.11 Å². The minimum absolute atomic E-state index is 0.300. The van der Waals surface area contributed by atoms with Crippen LogP contribution in [0, 0.1) is 18.5 Å². The first-order chi connectivity index (χ1) is 9.47. The molecule has 0 unspecified atom stereocenters. The highest BCUT2D eigenvalue weighted by Gasteiger charge is 2.17. The second-order valence-corrected chi connectivity index (χ2v) is 5.63. The van der Waals surface area contributed by atoms with Gasteiger partial charge in [0.05, 0.1) is 19.1 Å². The van der Waals surface area contributed by atoms with Crippen LogP contribution in [-0.4, -0.2) is 17.1 Å². The number of methoxy groups -OCH3 is 1. The number of nitrogens with zero attached hydrogens (tertiary/aromatic N) is 1. The quantitative estimate of drug-likeness (QED) is 0.842. The van der Waals surface area contributed by atoms with Crippen LogP contribution >= 0.6 is 12.2 Å². The van der Waals surface area contributed by atoms with Crippen LogP contribution in [0.15, 0.2) is 18.5 Å². The monoisotopic (exact) mass is 288 g/mol. The molecule has 0 bridgehead atoms. The first kappa shape index (κ1) is 14.7. The molecule has 0 fully saturated rings. The normalized spacial score (nSPS) is 10.9. The largest absolute Gasteiger partial charge is 0.496 e. The molecule has 1 aromatic heterocycles. The summed E-state index contributed by atoms with van der Waals surface area (Å²) in [6.07, 6.45) is 1.65. The molecule has 0 amide bonds. The van der Waals surface area contributed by atoms with Crippen molar-refractivity contribution in [1.82, 2.24) is 9.97 Å².